The summed E-state index contributed by atoms with van der Waals surface area (Å²) >= 11 is 0. The molecule has 1 aliphatic heterocycles. The first kappa shape index (κ1) is 23.9. The largest absolute Gasteiger partial charge is 0.444 e. The quantitative estimate of drug-likeness (QED) is 0.731. The highest BCUT2D eigenvalue weighted by Crippen LogP contribution is 2.26. The van der Waals surface area contributed by atoms with E-state index in [0.717, 1.165) is 5.39 Å². The topological polar surface area (TPSA) is 109 Å². The third-order valence-corrected chi connectivity index (χ3v) is 7.03. The molecule has 2 amide bonds. The van der Waals surface area contributed by atoms with E-state index < -0.39 is 21.7 Å². The van der Waals surface area contributed by atoms with Crippen LogP contribution in [0.25, 0.3) is 10.8 Å². The molecule has 1 aromatic heterocycles. The van der Waals surface area contributed by atoms with Gasteiger partial charge in [-0.25, -0.2) is 13.2 Å². The molecular formula is C22H30N4O5S. The van der Waals surface area contributed by atoms with Gasteiger partial charge in [-0.05, 0) is 39.3 Å². The van der Waals surface area contributed by atoms with E-state index in [2.05, 4.69) is 10.3 Å². The Kier molecular flexibility index (Phi) is 7.35. The SMILES string of the molecule is CC(C)(C)OC(=O)NCCC(=O)N1CCCN(S(=O)(=O)c2cccc3cnccc23)CC1. The van der Waals surface area contributed by atoms with Crippen molar-refractivity contribution >= 4 is 32.8 Å². The van der Waals surface area contributed by atoms with Crippen LogP contribution in [0.15, 0.2) is 41.6 Å². The molecule has 0 unspecified atom stereocenters. The van der Waals surface area contributed by atoms with Gasteiger partial charge in [-0.2, -0.15) is 4.31 Å². The molecule has 1 N–H and O–H groups in total. The van der Waals surface area contributed by atoms with Crippen molar-refractivity contribution in [3.8, 4) is 0 Å². The van der Waals surface area contributed by atoms with Gasteiger partial charge in [0.2, 0.25) is 15.9 Å². The van der Waals surface area contributed by atoms with Crippen LogP contribution in [-0.4, -0.2) is 72.9 Å². The molecule has 174 valence electrons. The zero-order valence-corrected chi connectivity index (χ0v) is 19.5. The Morgan fingerprint density at radius 3 is 2.66 bits per heavy atom. The number of hydrogen-bond acceptors (Lipinski definition) is 6. The highest BCUT2D eigenvalue weighted by molar-refractivity contribution is 7.89. The van der Waals surface area contributed by atoms with Gasteiger partial charge in [0.1, 0.15) is 5.60 Å². The Morgan fingerprint density at radius 2 is 1.91 bits per heavy atom. The van der Waals surface area contributed by atoms with E-state index in [1.807, 2.05) is 6.07 Å². The molecule has 0 bridgehead atoms. The number of alkyl carbamates (subject to hydrolysis) is 1. The maximum atomic E-state index is 13.3. The molecule has 0 saturated carbocycles. The lowest BCUT2D eigenvalue weighted by molar-refractivity contribution is -0.130. The minimum absolute atomic E-state index is 0.127. The number of rotatable bonds is 5. The van der Waals surface area contributed by atoms with Crippen molar-refractivity contribution in [1.82, 2.24) is 19.5 Å². The van der Waals surface area contributed by atoms with E-state index in [4.69, 9.17) is 4.74 Å². The van der Waals surface area contributed by atoms with Crippen LogP contribution in [0.4, 0.5) is 4.79 Å². The molecule has 1 aliphatic rings. The van der Waals surface area contributed by atoms with E-state index in [1.54, 1.807) is 56.3 Å². The van der Waals surface area contributed by atoms with Gasteiger partial charge in [-0.3, -0.25) is 9.78 Å². The molecule has 10 heteroatoms. The normalized spacial score (nSPS) is 15.9. The second kappa shape index (κ2) is 9.83. The minimum Gasteiger partial charge on any atom is -0.444 e. The number of carbonyl (C=O) groups is 2. The van der Waals surface area contributed by atoms with Crippen molar-refractivity contribution in [2.45, 2.75) is 44.1 Å². The molecule has 1 fully saturated rings. The highest BCUT2D eigenvalue weighted by atomic mass is 32.2. The van der Waals surface area contributed by atoms with Crippen molar-refractivity contribution in [2.75, 3.05) is 32.7 Å². The maximum Gasteiger partial charge on any atom is 0.407 e. The first-order valence-corrected chi connectivity index (χ1v) is 12.1. The Morgan fingerprint density at radius 1 is 1.12 bits per heavy atom. The number of nitrogens with zero attached hydrogens (tertiary/aromatic N) is 3. The van der Waals surface area contributed by atoms with Gasteiger partial charge >= 0.3 is 6.09 Å². The monoisotopic (exact) mass is 462 g/mol. The van der Waals surface area contributed by atoms with E-state index in [-0.39, 0.29) is 30.3 Å². The summed E-state index contributed by atoms with van der Waals surface area (Å²) in [5, 5.41) is 3.97. The molecule has 1 saturated heterocycles. The average Bonchev–Trinajstić information content (AvgIpc) is 2.99. The number of aromatic nitrogens is 1. The summed E-state index contributed by atoms with van der Waals surface area (Å²) in [4.78, 5) is 30.3. The number of carbonyl (C=O) groups excluding carboxylic acids is 2. The van der Waals surface area contributed by atoms with Gasteiger partial charge in [0, 0.05) is 62.3 Å². The molecule has 2 aromatic rings. The zero-order chi connectivity index (χ0) is 23.4. The average molecular weight is 463 g/mol. The van der Waals surface area contributed by atoms with Crippen molar-refractivity contribution in [3.05, 3.63) is 36.7 Å². The zero-order valence-electron chi connectivity index (χ0n) is 18.7. The van der Waals surface area contributed by atoms with E-state index in [0.29, 0.717) is 31.4 Å². The summed E-state index contributed by atoms with van der Waals surface area (Å²) in [6, 6.07) is 6.85. The summed E-state index contributed by atoms with van der Waals surface area (Å²) in [5.74, 6) is -0.128. The fourth-order valence-electron chi connectivity index (χ4n) is 3.58. The van der Waals surface area contributed by atoms with Crippen LogP contribution >= 0.6 is 0 Å². The van der Waals surface area contributed by atoms with Crippen molar-refractivity contribution in [2.24, 2.45) is 0 Å². The van der Waals surface area contributed by atoms with Crippen LogP contribution in [0, 0.1) is 0 Å². The number of pyridine rings is 1. The number of benzene rings is 1. The molecule has 0 spiro atoms. The standard InChI is InChI=1S/C22H30N4O5S/c1-22(2,3)31-21(28)24-11-9-20(27)25-12-5-13-26(15-14-25)32(29,30)19-7-4-6-17-16-23-10-8-18(17)19/h4,6-8,10,16H,5,9,11-15H2,1-3H3,(H,24,28). The minimum atomic E-state index is -3.71. The van der Waals surface area contributed by atoms with Gasteiger partial charge in [0.25, 0.3) is 0 Å². The molecule has 0 aliphatic carbocycles. The van der Waals surface area contributed by atoms with Gasteiger partial charge in [0.05, 0.1) is 4.90 Å². The third-order valence-electron chi connectivity index (χ3n) is 5.07. The van der Waals surface area contributed by atoms with Crippen molar-refractivity contribution in [1.29, 1.82) is 0 Å². The van der Waals surface area contributed by atoms with Crippen LogP contribution in [-0.2, 0) is 19.6 Å². The van der Waals surface area contributed by atoms with Crippen LogP contribution in [0.2, 0.25) is 0 Å². The lowest BCUT2D eigenvalue weighted by atomic mass is 10.2. The second-order valence-electron chi connectivity index (χ2n) is 8.67. The third kappa shape index (κ3) is 5.95. The van der Waals surface area contributed by atoms with Crippen molar-refractivity contribution < 1.29 is 22.7 Å². The molecule has 2 heterocycles. The van der Waals surface area contributed by atoms with Gasteiger partial charge < -0.3 is 15.0 Å². The Balaban J connectivity index is 1.60. The second-order valence-corrected chi connectivity index (χ2v) is 10.6. The van der Waals surface area contributed by atoms with Gasteiger partial charge in [0.15, 0.2) is 0 Å². The Hall–Kier alpha value is -2.72. The smallest absolute Gasteiger partial charge is 0.407 e. The predicted molar refractivity (Wildman–Crippen MR) is 121 cm³/mol. The van der Waals surface area contributed by atoms with E-state index in [1.165, 1.54) is 4.31 Å². The number of fused-ring (bicyclic) bond motifs is 1. The molecule has 1 aromatic carbocycles. The molecule has 0 radical (unpaired) electrons. The number of sulfonamides is 1. The fraction of sp³-hybridized carbons (Fsp3) is 0.500. The van der Waals surface area contributed by atoms with E-state index in [9.17, 15) is 18.0 Å². The summed E-state index contributed by atoms with van der Waals surface area (Å²) in [6.07, 6.45) is 3.32. The number of amides is 2. The molecule has 3 rings (SSSR count). The molecule has 9 nitrogen and oxygen atoms in total. The number of ether oxygens (including phenoxy) is 1. The number of hydrogen-bond donors (Lipinski definition) is 1. The van der Waals surface area contributed by atoms with Crippen LogP contribution in [0.5, 0.6) is 0 Å². The van der Waals surface area contributed by atoms with Crippen molar-refractivity contribution in [3.63, 3.8) is 0 Å². The number of nitrogens with one attached hydrogen (secondary N) is 1. The van der Waals surface area contributed by atoms with Crippen LogP contribution < -0.4 is 5.32 Å². The highest BCUT2D eigenvalue weighted by Gasteiger charge is 2.29. The van der Waals surface area contributed by atoms with E-state index >= 15 is 0 Å². The summed E-state index contributed by atoms with van der Waals surface area (Å²) in [5.41, 5.74) is -0.603. The van der Waals surface area contributed by atoms with Crippen LogP contribution in [0.3, 0.4) is 0 Å². The predicted octanol–water partition coefficient (Wildman–Crippen LogP) is 2.37. The Labute approximate surface area is 188 Å². The lowest BCUT2D eigenvalue weighted by Crippen LogP contribution is -2.39. The first-order chi connectivity index (χ1) is 15.1. The summed E-state index contributed by atoms with van der Waals surface area (Å²) in [7, 11) is -3.71. The maximum absolute atomic E-state index is 13.3. The fourth-order valence-corrected chi connectivity index (χ4v) is 5.27. The molecule has 0 atom stereocenters. The van der Waals surface area contributed by atoms with Crippen LogP contribution in [0.1, 0.15) is 33.6 Å². The molecular weight excluding hydrogens is 432 g/mol. The summed E-state index contributed by atoms with van der Waals surface area (Å²) < 4.78 is 33.3. The molecule has 32 heavy (non-hydrogen) atoms. The first-order valence-electron chi connectivity index (χ1n) is 10.7. The lowest BCUT2D eigenvalue weighted by Gasteiger charge is -2.23. The van der Waals surface area contributed by atoms with Gasteiger partial charge in [-0.1, -0.05) is 12.1 Å². The van der Waals surface area contributed by atoms with Gasteiger partial charge in [-0.15, -0.1) is 0 Å². The Bertz CT molecular complexity index is 1080. The summed E-state index contributed by atoms with van der Waals surface area (Å²) in [6.45, 7) is 6.79.